The number of nitrogens with one attached hydrogen (secondary N) is 2. The SMILES string of the molecule is COc1cc2c(Oc3ccc(NC(=O)C(=O)NCCc4ccccc4)cc3F)ncnc2cc1OCC1C[C@@H]2CN(C)C[C@@H]2C1. The van der Waals surface area contributed by atoms with Crippen LogP contribution < -0.4 is 24.8 Å². The van der Waals surface area contributed by atoms with Gasteiger partial charge in [-0.1, -0.05) is 30.3 Å². The number of methoxy groups -OCH3 is 1. The highest BCUT2D eigenvalue weighted by Gasteiger charge is 2.39. The van der Waals surface area contributed by atoms with E-state index in [2.05, 4.69) is 32.5 Å². The molecule has 45 heavy (non-hydrogen) atoms. The van der Waals surface area contributed by atoms with Crippen molar-refractivity contribution in [3.63, 3.8) is 0 Å². The van der Waals surface area contributed by atoms with Gasteiger partial charge >= 0.3 is 11.8 Å². The number of anilines is 1. The molecule has 0 spiro atoms. The van der Waals surface area contributed by atoms with Crippen molar-refractivity contribution < 1.29 is 28.2 Å². The molecule has 1 saturated heterocycles. The normalized spacial score (nSPS) is 19.2. The van der Waals surface area contributed by atoms with Gasteiger partial charge < -0.3 is 29.7 Å². The monoisotopic (exact) mass is 613 g/mol. The summed E-state index contributed by atoms with van der Waals surface area (Å²) in [5.41, 5.74) is 1.70. The molecule has 2 amide bonds. The Labute approximate surface area is 260 Å². The lowest BCUT2D eigenvalue weighted by Crippen LogP contribution is -2.36. The van der Waals surface area contributed by atoms with Crippen molar-refractivity contribution in [1.29, 1.82) is 0 Å². The van der Waals surface area contributed by atoms with Gasteiger partial charge in [-0.2, -0.15) is 0 Å². The molecule has 0 bridgehead atoms. The Morgan fingerprint density at radius 3 is 2.47 bits per heavy atom. The van der Waals surface area contributed by atoms with Gasteiger partial charge in [0.25, 0.3) is 0 Å². The fourth-order valence-electron chi connectivity index (χ4n) is 6.40. The van der Waals surface area contributed by atoms with Crippen molar-refractivity contribution in [2.75, 3.05) is 45.7 Å². The Morgan fingerprint density at radius 1 is 0.956 bits per heavy atom. The lowest BCUT2D eigenvalue weighted by Gasteiger charge is -2.17. The summed E-state index contributed by atoms with van der Waals surface area (Å²) in [5.74, 6) is 0.640. The summed E-state index contributed by atoms with van der Waals surface area (Å²) in [5, 5.41) is 5.50. The molecule has 11 heteroatoms. The van der Waals surface area contributed by atoms with Crippen LogP contribution in [0.2, 0.25) is 0 Å². The number of halogens is 1. The Hall–Kier alpha value is -4.77. The minimum absolute atomic E-state index is 0.108. The number of rotatable bonds is 10. The van der Waals surface area contributed by atoms with Crippen LogP contribution in [0.1, 0.15) is 18.4 Å². The Bertz CT molecular complexity index is 1670. The molecule has 0 radical (unpaired) electrons. The summed E-state index contributed by atoms with van der Waals surface area (Å²) in [7, 11) is 3.74. The first-order valence-corrected chi connectivity index (χ1v) is 15.1. The summed E-state index contributed by atoms with van der Waals surface area (Å²) in [6.07, 6.45) is 4.26. The van der Waals surface area contributed by atoms with Gasteiger partial charge in [0.2, 0.25) is 5.88 Å². The molecule has 2 aliphatic rings. The second-order valence-corrected chi connectivity index (χ2v) is 11.8. The van der Waals surface area contributed by atoms with Crippen LogP contribution in [0.4, 0.5) is 10.1 Å². The molecule has 10 nitrogen and oxygen atoms in total. The van der Waals surface area contributed by atoms with Gasteiger partial charge in [-0.15, -0.1) is 0 Å². The van der Waals surface area contributed by atoms with E-state index in [1.54, 1.807) is 19.2 Å². The van der Waals surface area contributed by atoms with Gasteiger partial charge in [0.05, 0.1) is 24.6 Å². The predicted molar refractivity (Wildman–Crippen MR) is 167 cm³/mol. The summed E-state index contributed by atoms with van der Waals surface area (Å²) in [6.45, 7) is 3.22. The van der Waals surface area contributed by atoms with Gasteiger partial charge in [0.15, 0.2) is 23.1 Å². The highest BCUT2D eigenvalue weighted by molar-refractivity contribution is 6.39. The number of hydrogen-bond donors (Lipinski definition) is 2. The Morgan fingerprint density at radius 2 is 1.73 bits per heavy atom. The maximum Gasteiger partial charge on any atom is 0.313 e. The molecule has 6 rings (SSSR count). The molecule has 1 unspecified atom stereocenters. The number of carbonyl (C=O) groups is 2. The lowest BCUT2D eigenvalue weighted by atomic mass is 10.0. The van der Waals surface area contributed by atoms with Crippen LogP contribution >= 0.6 is 0 Å². The first-order valence-electron chi connectivity index (χ1n) is 15.1. The van der Waals surface area contributed by atoms with Gasteiger partial charge in [-0.3, -0.25) is 9.59 Å². The zero-order valence-electron chi connectivity index (χ0n) is 25.3. The van der Waals surface area contributed by atoms with E-state index in [0.29, 0.717) is 47.9 Å². The smallest absolute Gasteiger partial charge is 0.313 e. The van der Waals surface area contributed by atoms with E-state index in [1.807, 2.05) is 30.3 Å². The van der Waals surface area contributed by atoms with Gasteiger partial charge in [-0.25, -0.2) is 14.4 Å². The summed E-state index contributed by atoms with van der Waals surface area (Å²) >= 11 is 0. The van der Waals surface area contributed by atoms with E-state index in [9.17, 15) is 9.59 Å². The Balaban J connectivity index is 1.08. The number of amides is 2. The standard InChI is InChI=1S/C34H36FN5O5/c1-40-17-23-12-22(13-24(23)18-40)19-44-31-16-28-26(15-30(31)43-2)34(38-20-37-28)45-29-9-8-25(14-27(29)35)39-33(42)32(41)36-11-10-21-6-4-3-5-7-21/h3-9,14-16,20,22-24H,10-13,17-19H2,1-2H3,(H,36,41)(H,39,42)/t22?,23-,24+. The van der Waals surface area contributed by atoms with Crippen molar-refractivity contribution in [1.82, 2.24) is 20.2 Å². The molecule has 4 aromatic rings. The van der Waals surface area contributed by atoms with Gasteiger partial charge in [0.1, 0.15) is 6.33 Å². The van der Waals surface area contributed by atoms with Crippen molar-refractivity contribution in [2.45, 2.75) is 19.3 Å². The molecular weight excluding hydrogens is 577 g/mol. The van der Waals surface area contributed by atoms with Crippen LogP contribution in [-0.2, 0) is 16.0 Å². The summed E-state index contributed by atoms with van der Waals surface area (Å²) < 4.78 is 32.8. The number of likely N-dealkylation sites (tertiary alicyclic amines) is 1. The quantitative estimate of drug-likeness (QED) is 0.245. The minimum atomic E-state index is -0.897. The third-order valence-electron chi connectivity index (χ3n) is 8.53. The van der Waals surface area contributed by atoms with Gasteiger partial charge in [0, 0.05) is 37.5 Å². The van der Waals surface area contributed by atoms with E-state index in [4.69, 9.17) is 14.2 Å². The first-order chi connectivity index (χ1) is 21.9. The largest absolute Gasteiger partial charge is 0.493 e. The predicted octanol–water partition coefficient (Wildman–Crippen LogP) is 4.83. The van der Waals surface area contributed by atoms with Crippen molar-refractivity contribution in [2.24, 2.45) is 17.8 Å². The molecule has 2 heterocycles. The van der Waals surface area contributed by atoms with E-state index < -0.39 is 17.6 Å². The molecular formula is C34H36FN5O5. The van der Waals surface area contributed by atoms with Crippen LogP contribution in [0, 0.1) is 23.6 Å². The average molecular weight is 614 g/mol. The number of nitrogens with zero attached hydrogens (tertiary/aromatic N) is 3. The van der Waals surface area contributed by atoms with Crippen LogP contribution in [0.25, 0.3) is 10.9 Å². The fraction of sp³-hybridized carbons (Fsp3) is 0.353. The topological polar surface area (TPSA) is 115 Å². The van der Waals surface area contributed by atoms with Crippen molar-refractivity contribution in [3.05, 3.63) is 78.4 Å². The first kappa shape index (κ1) is 30.3. The maximum atomic E-state index is 15.1. The third-order valence-corrected chi connectivity index (χ3v) is 8.53. The highest BCUT2D eigenvalue weighted by atomic mass is 19.1. The number of fused-ring (bicyclic) bond motifs is 2. The zero-order valence-corrected chi connectivity index (χ0v) is 25.3. The van der Waals surface area contributed by atoms with Gasteiger partial charge in [-0.05, 0) is 67.8 Å². The summed E-state index contributed by atoms with van der Waals surface area (Å²) in [4.78, 5) is 35.5. The number of ether oxygens (including phenoxy) is 3. The van der Waals surface area contributed by atoms with E-state index >= 15 is 4.39 Å². The van der Waals surface area contributed by atoms with Crippen LogP contribution in [0.3, 0.4) is 0 Å². The fourth-order valence-corrected chi connectivity index (χ4v) is 6.40. The molecule has 2 N–H and O–H groups in total. The molecule has 3 aromatic carbocycles. The van der Waals surface area contributed by atoms with Crippen molar-refractivity contribution >= 4 is 28.4 Å². The molecule has 3 atom stereocenters. The molecule has 1 saturated carbocycles. The molecule has 1 aliphatic heterocycles. The molecule has 234 valence electrons. The minimum Gasteiger partial charge on any atom is -0.493 e. The van der Waals surface area contributed by atoms with Crippen LogP contribution in [0.5, 0.6) is 23.1 Å². The van der Waals surface area contributed by atoms with E-state index in [0.717, 1.165) is 36.6 Å². The van der Waals surface area contributed by atoms with Crippen molar-refractivity contribution in [3.8, 4) is 23.1 Å². The molecule has 1 aromatic heterocycles. The zero-order chi connectivity index (χ0) is 31.3. The van der Waals surface area contributed by atoms with E-state index in [1.165, 1.54) is 31.3 Å². The molecule has 1 aliphatic carbocycles. The average Bonchev–Trinajstić information content (AvgIpc) is 3.58. The lowest BCUT2D eigenvalue weighted by molar-refractivity contribution is -0.136. The second-order valence-electron chi connectivity index (χ2n) is 11.8. The number of carbonyl (C=O) groups excluding carboxylic acids is 2. The number of aromatic nitrogens is 2. The number of benzene rings is 3. The highest BCUT2D eigenvalue weighted by Crippen LogP contribution is 2.42. The third kappa shape index (κ3) is 7.15. The maximum absolute atomic E-state index is 15.1. The van der Waals surface area contributed by atoms with E-state index in [-0.39, 0.29) is 17.3 Å². The Kier molecular flexibility index (Phi) is 9.06. The number of hydrogen-bond acceptors (Lipinski definition) is 8. The second kappa shape index (κ2) is 13.5. The molecule has 2 fully saturated rings. The van der Waals surface area contributed by atoms with Crippen LogP contribution in [0.15, 0.2) is 67.0 Å². The van der Waals surface area contributed by atoms with Crippen LogP contribution in [-0.4, -0.2) is 67.1 Å². The summed E-state index contributed by atoms with van der Waals surface area (Å²) in [6, 6.07) is 17.0.